The fourth-order valence-electron chi connectivity index (χ4n) is 12.1. The second-order valence-electron chi connectivity index (χ2n) is 22.5. The molecule has 4 fully saturated rings. The van der Waals surface area contributed by atoms with Crippen LogP contribution >= 0.6 is 19.2 Å². The van der Waals surface area contributed by atoms with Gasteiger partial charge in [0.2, 0.25) is 41.4 Å². The van der Waals surface area contributed by atoms with Gasteiger partial charge < -0.3 is 46.3 Å². The molecule has 0 bridgehead atoms. The van der Waals surface area contributed by atoms with Gasteiger partial charge in [-0.05, 0) is 142 Å². The first kappa shape index (κ1) is 59.2. The van der Waals surface area contributed by atoms with Crippen LogP contribution in [0.2, 0.25) is 5.02 Å². The lowest BCUT2D eigenvalue weighted by molar-refractivity contribution is -0.147. The Hall–Kier alpha value is -7.46. The maximum atomic E-state index is 15.1. The topological polar surface area (TPSA) is 335 Å². The number of fused-ring (bicyclic) bond motifs is 3. The summed E-state index contributed by atoms with van der Waals surface area (Å²) in [5.41, 5.74) is 7.66. The highest BCUT2D eigenvalue weighted by Crippen LogP contribution is 2.40. The number of aromatic nitrogens is 3. The lowest BCUT2D eigenvalue weighted by Gasteiger charge is -2.40. The Balaban J connectivity index is 0.893. The minimum atomic E-state index is -5.13. The van der Waals surface area contributed by atoms with Crippen molar-refractivity contribution in [2.75, 3.05) is 13.1 Å². The van der Waals surface area contributed by atoms with Crippen molar-refractivity contribution in [1.29, 1.82) is 0 Å². The van der Waals surface area contributed by atoms with Crippen molar-refractivity contribution in [3.05, 3.63) is 104 Å². The third-order valence-electron chi connectivity index (χ3n) is 16.7. The quantitative estimate of drug-likeness (QED) is 0.0453. The molecule has 3 aliphatic heterocycles. The molecule has 3 aromatic carbocycles. The normalized spacial score (nSPS) is 21.9. The number of hydrogen-bond acceptors (Lipinski definition) is 11. The van der Waals surface area contributed by atoms with Crippen molar-refractivity contribution < 1.29 is 57.5 Å². The van der Waals surface area contributed by atoms with Gasteiger partial charge in [0.15, 0.2) is 0 Å². The molecule has 436 valence electrons. The van der Waals surface area contributed by atoms with Crippen LogP contribution in [0.5, 0.6) is 0 Å². The number of piperidine rings is 1. The summed E-state index contributed by atoms with van der Waals surface area (Å²) in [5, 5.41) is 11.5. The summed E-state index contributed by atoms with van der Waals surface area (Å²) in [6, 6.07) is 11.3. The predicted octanol–water partition coefficient (Wildman–Crippen LogP) is 4.09. The van der Waals surface area contributed by atoms with E-state index in [-0.39, 0.29) is 104 Å². The largest absolute Gasteiger partial charge is 0.396 e. The van der Waals surface area contributed by atoms with Crippen LogP contribution in [0.25, 0.3) is 21.9 Å². The molecule has 5 atom stereocenters. The lowest BCUT2D eigenvalue weighted by atomic mass is 9.79. The third kappa shape index (κ3) is 12.9. The SMILES string of the molecule is CC(C)c1ccc(CNC(=O)[C@H](CCC(N)=O)NC(=O)[C@@H]2CC[C@@H]3CCN(C(=O)C4CCC(CCc5ccc6c(c5)n(C)c(=O)n6C5CCC(=O)NC5=O)CC4)C[C@H](NC(=O)c4cc5cc(C(=O)P(=O)(O)O)ccc5[nH]4)C(=O)N32)cc1Cl. The van der Waals surface area contributed by atoms with Crippen molar-refractivity contribution in [3.63, 3.8) is 0 Å². The van der Waals surface area contributed by atoms with Crippen LogP contribution in [0.3, 0.4) is 0 Å². The van der Waals surface area contributed by atoms with E-state index in [4.69, 9.17) is 17.3 Å². The van der Waals surface area contributed by atoms with Crippen molar-refractivity contribution in [2.45, 2.75) is 140 Å². The molecule has 5 heterocycles. The number of H-pyrrole nitrogens is 1. The number of hydrogen-bond donors (Lipinski definition) is 8. The first-order valence-electron chi connectivity index (χ1n) is 27.8. The molecule has 3 saturated heterocycles. The molecule has 82 heavy (non-hydrogen) atoms. The number of primary amides is 1. The van der Waals surface area contributed by atoms with Gasteiger partial charge in [0.25, 0.3) is 11.4 Å². The number of aryl methyl sites for hydroxylation is 2. The van der Waals surface area contributed by atoms with Gasteiger partial charge in [-0.3, -0.25) is 62.2 Å². The Morgan fingerprint density at radius 1 is 0.866 bits per heavy atom. The number of nitrogens with zero attached hydrogens (tertiary/aromatic N) is 4. The number of benzene rings is 3. The highest BCUT2D eigenvalue weighted by atomic mass is 35.5. The molecular weight excluding hydrogens is 1100 g/mol. The Labute approximate surface area is 476 Å². The number of imidazole rings is 1. The maximum absolute atomic E-state index is 15.1. The molecule has 5 aromatic rings. The molecular formula is C57H68ClN10O13P. The molecule has 4 aliphatic rings. The van der Waals surface area contributed by atoms with E-state index >= 15 is 4.79 Å². The van der Waals surface area contributed by atoms with E-state index in [2.05, 4.69) is 26.3 Å². The highest BCUT2D eigenvalue weighted by molar-refractivity contribution is 7.70. The summed E-state index contributed by atoms with van der Waals surface area (Å²) in [6.07, 6.45) is 5.05. The summed E-state index contributed by atoms with van der Waals surface area (Å²) in [6.45, 7) is 4.02. The molecule has 8 amide bonds. The molecule has 25 heteroatoms. The second-order valence-corrected chi connectivity index (χ2v) is 24.4. The van der Waals surface area contributed by atoms with Gasteiger partial charge in [0, 0.05) is 73.0 Å². The average molecular weight is 1170 g/mol. The minimum Gasteiger partial charge on any atom is -0.370 e. The second kappa shape index (κ2) is 24.6. The van der Waals surface area contributed by atoms with Crippen LogP contribution in [-0.2, 0) is 58.1 Å². The lowest BCUT2D eigenvalue weighted by Crippen LogP contribution is -2.62. The molecule has 1 unspecified atom stereocenters. The Kier molecular flexibility index (Phi) is 17.7. The molecule has 0 radical (unpaired) electrons. The van der Waals surface area contributed by atoms with Gasteiger partial charge in [-0.15, -0.1) is 0 Å². The monoisotopic (exact) mass is 1170 g/mol. The smallest absolute Gasteiger partial charge is 0.370 e. The van der Waals surface area contributed by atoms with Crippen molar-refractivity contribution in [1.82, 2.24) is 45.2 Å². The van der Waals surface area contributed by atoms with Crippen molar-refractivity contribution in [3.8, 4) is 0 Å². The zero-order valence-corrected chi connectivity index (χ0v) is 47.4. The third-order valence-corrected chi connectivity index (χ3v) is 17.8. The van der Waals surface area contributed by atoms with Gasteiger partial charge in [-0.2, -0.15) is 0 Å². The molecule has 0 spiro atoms. The van der Waals surface area contributed by atoms with E-state index in [0.29, 0.717) is 59.2 Å². The highest BCUT2D eigenvalue weighted by Gasteiger charge is 2.47. The number of aromatic amines is 1. The van der Waals surface area contributed by atoms with Crippen LogP contribution in [-0.4, -0.2) is 124 Å². The first-order valence-corrected chi connectivity index (χ1v) is 29.8. The van der Waals surface area contributed by atoms with E-state index < -0.39 is 78.8 Å². The van der Waals surface area contributed by atoms with E-state index in [1.54, 1.807) is 18.0 Å². The first-order chi connectivity index (χ1) is 38.9. The van der Waals surface area contributed by atoms with Crippen LogP contribution in [0.15, 0.2) is 65.5 Å². The van der Waals surface area contributed by atoms with E-state index in [0.717, 1.165) is 30.4 Å². The van der Waals surface area contributed by atoms with Gasteiger partial charge in [-0.1, -0.05) is 43.6 Å². The number of halogens is 1. The van der Waals surface area contributed by atoms with Gasteiger partial charge >= 0.3 is 13.3 Å². The molecule has 9 N–H and O–H groups in total. The van der Waals surface area contributed by atoms with Gasteiger partial charge in [0.05, 0.1) is 11.0 Å². The van der Waals surface area contributed by atoms with Gasteiger partial charge in [-0.25, -0.2) is 4.79 Å². The zero-order chi connectivity index (χ0) is 58.9. The van der Waals surface area contributed by atoms with E-state index in [1.807, 2.05) is 44.2 Å². The summed E-state index contributed by atoms with van der Waals surface area (Å²) in [7, 11) is -3.47. The van der Waals surface area contributed by atoms with Crippen LogP contribution in [0, 0.1) is 11.8 Å². The van der Waals surface area contributed by atoms with E-state index in [9.17, 15) is 57.5 Å². The number of imide groups is 1. The van der Waals surface area contributed by atoms with Gasteiger partial charge in [0.1, 0.15) is 29.9 Å². The number of rotatable bonds is 18. The summed E-state index contributed by atoms with van der Waals surface area (Å²) in [4.78, 5) is 159. The number of amides is 8. The standard InChI is InChI=1S/C57H68ClN10O13P/c1-30(2)38-14-8-33(24-39(38)58)28-60-50(71)41(16-20-48(59)69)62-52(73)45-18-13-37-22-23-66(29-43(55(76)67(37)45)63-51(72)42-27-36-26-35(12-15-40(36)61-42)56(77)82(79,80)81)54(75)34-10-6-31(7-11-34)4-5-32-9-17-44-47(25-32)65(3)57(78)68(44)46-19-21-49(70)64-53(46)74/h8-9,12,14-15,17,24-27,30-31,34,37,41,43,45-46,61H,4-7,10-11,13,16,18-23,28-29H2,1-3H3,(H2,59,69)(H,60,71)(H,62,73)(H,63,72)(H,64,70,74)(H2,79,80,81)/t31?,34?,37-,41+,43+,45+,46?/m1/s1. The van der Waals surface area contributed by atoms with Crippen molar-refractivity contribution in [2.24, 2.45) is 24.6 Å². The average Bonchev–Trinajstić information content (AvgIpc) is 4.27. The fourth-order valence-corrected chi connectivity index (χ4v) is 13.0. The van der Waals surface area contributed by atoms with E-state index in [1.165, 1.54) is 38.3 Å². The van der Waals surface area contributed by atoms with Crippen LogP contribution in [0.1, 0.15) is 140 Å². The minimum absolute atomic E-state index is 0.0625. The predicted molar refractivity (Wildman–Crippen MR) is 301 cm³/mol. The molecule has 23 nitrogen and oxygen atoms in total. The zero-order valence-electron chi connectivity index (χ0n) is 45.8. The Morgan fingerprint density at radius 2 is 1.61 bits per heavy atom. The fraction of sp³-hybridized carbons (Fsp3) is 0.474. The number of nitrogens with one attached hydrogen (secondary N) is 5. The van der Waals surface area contributed by atoms with Crippen LogP contribution in [0.4, 0.5) is 0 Å². The summed E-state index contributed by atoms with van der Waals surface area (Å²) >= 11 is 6.51. The number of carbonyl (C=O) groups excluding carboxylic acids is 9. The van der Waals surface area contributed by atoms with Crippen molar-refractivity contribution >= 4 is 93.9 Å². The summed E-state index contributed by atoms with van der Waals surface area (Å²) < 4.78 is 14.7. The maximum Gasteiger partial charge on any atom is 0.396 e. The number of nitrogens with two attached hydrogens (primary N) is 1. The summed E-state index contributed by atoms with van der Waals surface area (Å²) in [5.74, 6) is -4.33. The molecule has 1 saturated carbocycles. The molecule has 1 aliphatic carbocycles. The molecule has 2 aromatic heterocycles. The molecule has 9 rings (SSSR count). The Morgan fingerprint density at radius 3 is 2.30 bits per heavy atom. The van der Waals surface area contributed by atoms with Crippen LogP contribution < -0.4 is 32.7 Å². The number of carbonyl (C=O) groups is 9. The Bertz CT molecular complexity index is 3500.